The second kappa shape index (κ2) is 8.59. The Morgan fingerprint density at radius 3 is 2.61 bits per heavy atom. The van der Waals surface area contributed by atoms with E-state index in [0.29, 0.717) is 23.3 Å². The van der Waals surface area contributed by atoms with E-state index in [4.69, 9.17) is 4.74 Å². The first-order chi connectivity index (χ1) is 16.0. The summed E-state index contributed by atoms with van der Waals surface area (Å²) in [5, 5.41) is 7.51. The van der Waals surface area contributed by atoms with E-state index in [2.05, 4.69) is 21.1 Å². The van der Waals surface area contributed by atoms with Gasteiger partial charge in [0.25, 0.3) is 5.56 Å². The molecular weight excluding hydrogens is 441 g/mol. The van der Waals surface area contributed by atoms with Crippen molar-refractivity contribution in [1.29, 1.82) is 0 Å². The van der Waals surface area contributed by atoms with Crippen LogP contribution in [0.15, 0.2) is 65.2 Å². The number of nitrogens with zero attached hydrogens (tertiary/aromatic N) is 5. The topological polar surface area (TPSA) is 74.8 Å². The summed E-state index contributed by atoms with van der Waals surface area (Å²) in [4.78, 5) is 22.1. The first kappa shape index (κ1) is 21.0. The minimum absolute atomic E-state index is 0.173. The van der Waals surface area contributed by atoms with Gasteiger partial charge in [-0.25, -0.2) is 19.0 Å². The zero-order valence-electron chi connectivity index (χ0n) is 18.0. The van der Waals surface area contributed by atoms with Gasteiger partial charge in [-0.05, 0) is 61.4 Å². The van der Waals surface area contributed by atoms with E-state index in [1.54, 1.807) is 23.0 Å². The number of fused-ring (bicyclic) bond motifs is 1. The lowest BCUT2D eigenvalue weighted by molar-refractivity contribution is 0.305. The molecule has 0 unspecified atom stereocenters. The fourth-order valence-corrected chi connectivity index (χ4v) is 4.36. The monoisotopic (exact) mass is 461 g/mol. The van der Waals surface area contributed by atoms with Crippen LogP contribution < -0.4 is 10.3 Å². The highest BCUT2D eigenvalue weighted by Gasteiger charge is 2.13. The third-order valence-corrected chi connectivity index (χ3v) is 5.98. The van der Waals surface area contributed by atoms with E-state index < -0.39 is 0 Å². The Labute approximate surface area is 192 Å². The molecule has 5 aromatic rings. The normalized spacial score (nSPS) is 11.2. The maximum Gasteiger partial charge on any atom is 0.264 e. The Morgan fingerprint density at radius 2 is 1.85 bits per heavy atom. The lowest BCUT2D eigenvalue weighted by Gasteiger charge is -2.07. The van der Waals surface area contributed by atoms with Crippen LogP contribution in [0.3, 0.4) is 0 Å². The number of hydrogen-bond donors (Lipinski definition) is 0. The van der Waals surface area contributed by atoms with Crippen molar-refractivity contribution in [2.45, 2.75) is 27.0 Å². The van der Waals surface area contributed by atoms with E-state index in [-0.39, 0.29) is 18.0 Å². The van der Waals surface area contributed by atoms with Crippen LogP contribution in [0.2, 0.25) is 0 Å². The number of aryl methyl sites for hydroxylation is 2. The molecule has 0 N–H and O–H groups in total. The molecule has 0 atom stereocenters. The summed E-state index contributed by atoms with van der Waals surface area (Å²) in [5.41, 5.74) is 4.19. The van der Waals surface area contributed by atoms with Crippen LogP contribution in [0, 0.1) is 19.7 Å². The van der Waals surface area contributed by atoms with Crippen molar-refractivity contribution in [3.05, 3.63) is 98.4 Å². The van der Waals surface area contributed by atoms with Gasteiger partial charge in [-0.2, -0.15) is 5.10 Å². The van der Waals surface area contributed by atoms with Crippen molar-refractivity contribution in [2.75, 3.05) is 0 Å². The van der Waals surface area contributed by atoms with Gasteiger partial charge >= 0.3 is 0 Å². The minimum Gasteiger partial charge on any atom is -0.486 e. The van der Waals surface area contributed by atoms with Crippen LogP contribution in [0.1, 0.15) is 21.8 Å². The highest BCUT2D eigenvalue weighted by molar-refractivity contribution is 7.09. The Morgan fingerprint density at radius 1 is 1.09 bits per heavy atom. The molecule has 0 fully saturated rings. The standard InChI is InChI=1S/C24H20FN5O2S/c1-15-7-16(2)9-19(8-15)30-23-21(10-27-30)24(31)29(14-26-23)11-18-13-33-22(28-18)12-32-20-5-3-17(25)4-6-20/h3-10,13-14H,11-12H2,1-2H3. The van der Waals surface area contributed by atoms with Crippen LogP contribution in [-0.4, -0.2) is 24.3 Å². The largest absolute Gasteiger partial charge is 0.486 e. The SMILES string of the molecule is Cc1cc(C)cc(-n2ncc3c(=O)n(Cc4csc(COc5ccc(F)cc5)n4)cnc32)c1. The summed E-state index contributed by atoms with van der Waals surface area (Å²) in [5.74, 6) is 0.259. The number of thiazole rings is 1. The van der Waals surface area contributed by atoms with Gasteiger partial charge in [0.15, 0.2) is 5.65 Å². The molecule has 0 radical (unpaired) electrons. The molecule has 0 saturated carbocycles. The zero-order chi connectivity index (χ0) is 22.9. The molecule has 9 heteroatoms. The van der Waals surface area contributed by atoms with Crippen molar-refractivity contribution in [3.63, 3.8) is 0 Å². The molecule has 0 aliphatic rings. The Kier molecular flexibility index (Phi) is 5.47. The Hall–Kier alpha value is -3.85. The summed E-state index contributed by atoms with van der Waals surface area (Å²) in [6.45, 7) is 4.61. The lowest BCUT2D eigenvalue weighted by Crippen LogP contribution is -2.21. The van der Waals surface area contributed by atoms with Crippen LogP contribution in [0.4, 0.5) is 4.39 Å². The summed E-state index contributed by atoms with van der Waals surface area (Å²) in [6, 6.07) is 11.9. The minimum atomic E-state index is -0.311. The van der Waals surface area contributed by atoms with Crippen molar-refractivity contribution >= 4 is 22.4 Å². The van der Waals surface area contributed by atoms with E-state index in [0.717, 1.165) is 27.5 Å². The Bertz CT molecular complexity index is 1480. The second-order valence-corrected chi connectivity index (χ2v) is 8.74. The first-order valence-electron chi connectivity index (χ1n) is 10.3. The molecule has 7 nitrogen and oxygen atoms in total. The first-order valence-corrected chi connectivity index (χ1v) is 11.2. The highest BCUT2D eigenvalue weighted by atomic mass is 32.1. The predicted octanol–water partition coefficient (Wildman–Crippen LogP) is 4.42. The maximum atomic E-state index is 13.0. The summed E-state index contributed by atoms with van der Waals surface area (Å²) in [6.07, 6.45) is 3.08. The zero-order valence-corrected chi connectivity index (χ0v) is 18.8. The van der Waals surface area contributed by atoms with Crippen molar-refractivity contribution in [3.8, 4) is 11.4 Å². The molecule has 33 heavy (non-hydrogen) atoms. The summed E-state index contributed by atoms with van der Waals surface area (Å²) < 4.78 is 21.9. The van der Waals surface area contributed by atoms with E-state index in [1.165, 1.54) is 34.4 Å². The Balaban J connectivity index is 1.35. The second-order valence-electron chi connectivity index (χ2n) is 7.79. The molecule has 0 bridgehead atoms. The van der Waals surface area contributed by atoms with Gasteiger partial charge in [0.1, 0.15) is 34.9 Å². The van der Waals surface area contributed by atoms with Crippen molar-refractivity contribution in [2.24, 2.45) is 0 Å². The van der Waals surface area contributed by atoms with E-state index in [1.807, 2.05) is 31.4 Å². The highest BCUT2D eigenvalue weighted by Crippen LogP contribution is 2.18. The van der Waals surface area contributed by atoms with E-state index in [9.17, 15) is 9.18 Å². The van der Waals surface area contributed by atoms with Gasteiger partial charge in [0, 0.05) is 5.38 Å². The van der Waals surface area contributed by atoms with Gasteiger partial charge in [-0.15, -0.1) is 11.3 Å². The predicted molar refractivity (Wildman–Crippen MR) is 125 cm³/mol. The third-order valence-electron chi connectivity index (χ3n) is 5.11. The smallest absolute Gasteiger partial charge is 0.264 e. The van der Waals surface area contributed by atoms with Crippen LogP contribution in [0.5, 0.6) is 5.75 Å². The number of halogens is 1. The number of benzene rings is 2. The van der Waals surface area contributed by atoms with Gasteiger partial charge in [-0.1, -0.05) is 6.07 Å². The maximum absolute atomic E-state index is 13.0. The van der Waals surface area contributed by atoms with Crippen LogP contribution in [-0.2, 0) is 13.2 Å². The summed E-state index contributed by atoms with van der Waals surface area (Å²) >= 11 is 1.44. The van der Waals surface area contributed by atoms with Crippen LogP contribution in [0.25, 0.3) is 16.7 Å². The lowest BCUT2D eigenvalue weighted by atomic mass is 10.1. The third kappa shape index (κ3) is 4.40. The van der Waals surface area contributed by atoms with Gasteiger partial charge in [-0.3, -0.25) is 9.36 Å². The average Bonchev–Trinajstić information content (AvgIpc) is 3.42. The molecule has 0 amide bonds. The van der Waals surface area contributed by atoms with Gasteiger partial charge < -0.3 is 4.74 Å². The average molecular weight is 462 g/mol. The van der Waals surface area contributed by atoms with E-state index >= 15 is 0 Å². The molecule has 5 rings (SSSR count). The van der Waals surface area contributed by atoms with Crippen molar-refractivity contribution < 1.29 is 9.13 Å². The number of aromatic nitrogens is 5. The molecule has 0 aliphatic carbocycles. The molecule has 3 aromatic heterocycles. The number of hydrogen-bond acceptors (Lipinski definition) is 6. The molecule has 2 aromatic carbocycles. The van der Waals surface area contributed by atoms with Gasteiger partial charge in [0.2, 0.25) is 0 Å². The fraction of sp³-hybridized carbons (Fsp3) is 0.167. The molecular formula is C24H20FN5O2S. The van der Waals surface area contributed by atoms with Gasteiger partial charge in [0.05, 0.1) is 24.1 Å². The molecule has 0 spiro atoms. The fourth-order valence-electron chi connectivity index (χ4n) is 3.66. The number of rotatable bonds is 6. The molecule has 0 aliphatic heterocycles. The van der Waals surface area contributed by atoms with Crippen LogP contribution >= 0.6 is 11.3 Å². The summed E-state index contributed by atoms with van der Waals surface area (Å²) in [7, 11) is 0. The number of ether oxygens (including phenoxy) is 1. The quantitative estimate of drug-likeness (QED) is 0.374. The van der Waals surface area contributed by atoms with Crippen molar-refractivity contribution in [1.82, 2.24) is 24.3 Å². The molecule has 3 heterocycles. The molecule has 166 valence electrons. The molecule has 0 saturated heterocycles.